The molecule has 0 aliphatic carbocycles. The molecule has 1 unspecified atom stereocenters. The van der Waals surface area contributed by atoms with Crippen LogP contribution in [0.2, 0.25) is 0 Å². The van der Waals surface area contributed by atoms with Crippen LogP contribution in [0.3, 0.4) is 0 Å². The molecule has 0 fully saturated rings. The summed E-state index contributed by atoms with van der Waals surface area (Å²) in [5, 5.41) is 4.25. The van der Waals surface area contributed by atoms with Gasteiger partial charge in [0.15, 0.2) is 0 Å². The molecular weight excluding hydrogens is 288 g/mol. The molecule has 2 aromatic rings. The van der Waals surface area contributed by atoms with Gasteiger partial charge in [-0.3, -0.25) is 9.36 Å². The first-order valence-corrected chi connectivity index (χ1v) is 8.46. The SMILES string of the molecule is CCCn1c(C(CC)NCCN(C)C)nc2ccccc2c1=O. The number of likely N-dealkylation sites (N-methyl/N-ethyl adjacent to an activating group) is 1. The van der Waals surface area contributed by atoms with E-state index in [2.05, 4.69) is 38.2 Å². The lowest BCUT2D eigenvalue weighted by Gasteiger charge is -2.22. The van der Waals surface area contributed by atoms with E-state index in [1.54, 1.807) is 0 Å². The minimum absolute atomic E-state index is 0.0697. The summed E-state index contributed by atoms with van der Waals surface area (Å²) in [4.78, 5) is 19.8. The molecule has 126 valence electrons. The molecule has 0 aliphatic rings. The lowest BCUT2D eigenvalue weighted by Crippen LogP contribution is -2.35. The van der Waals surface area contributed by atoms with Crippen LogP contribution in [0.5, 0.6) is 0 Å². The van der Waals surface area contributed by atoms with E-state index >= 15 is 0 Å². The molecule has 1 heterocycles. The average molecular weight is 316 g/mol. The van der Waals surface area contributed by atoms with Gasteiger partial charge < -0.3 is 10.2 Å². The Labute approximate surface area is 138 Å². The number of para-hydroxylation sites is 1. The highest BCUT2D eigenvalue weighted by atomic mass is 16.1. The first-order valence-electron chi connectivity index (χ1n) is 8.46. The van der Waals surface area contributed by atoms with Gasteiger partial charge in [-0.2, -0.15) is 0 Å². The highest BCUT2D eigenvalue weighted by Gasteiger charge is 2.18. The van der Waals surface area contributed by atoms with Crippen LogP contribution in [-0.2, 0) is 6.54 Å². The Morgan fingerprint density at radius 3 is 2.65 bits per heavy atom. The second-order valence-corrected chi connectivity index (χ2v) is 6.16. The molecule has 0 saturated carbocycles. The van der Waals surface area contributed by atoms with Crippen LogP contribution in [0.15, 0.2) is 29.1 Å². The quantitative estimate of drug-likeness (QED) is 0.812. The number of nitrogens with zero attached hydrogens (tertiary/aromatic N) is 3. The van der Waals surface area contributed by atoms with Gasteiger partial charge in [0.05, 0.1) is 16.9 Å². The van der Waals surface area contributed by atoms with E-state index in [-0.39, 0.29) is 11.6 Å². The lowest BCUT2D eigenvalue weighted by molar-refractivity contribution is 0.372. The third-order valence-corrected chi connectivity index (χ3v) is 4.01. The number of nitrogens with one attached hydrogen (secondary N) is 1. The van der Waals surface area contributed by atoms with E-state index in [0.29, 0.717) is 11.9 Å². The summed E-state index contributed by atoms with van der Waals surface area (Å²) in [5.74, 6) is 0.858. The Morgan fingerprint density at radius 2 is 2.00 bits per heavy atom. The van der Waals surface area contributed by atoms with Crippen molar-refractivity contribution in [2.45, 2.75) is 39.3 Å². The van der Waals surface area contributed by atoms with Crippen molar-refractivity contribution in [1.29, 1.82) is 0 Å². The van der Waals surface area contributed by atoms with E-state index in [0.717, 1.165) is 37.3 Å². The number of hydrogen-bond donors (Lipinski definition) is 1. The molecule has 5 heteroatoms. The van der Waals surface area contributed by atoms with E-state index in [4.69, 9.17) is 4.98 Å². The second kappa shape index (κ2) is 8.22. The maximum Gasteiger partial charge on any atom is 0.261 e. The van der Waals surface area contributed by atoms with Crippen LogP contribution in [0.1, 0.15) is 38.6 Å². The minimum atomic E-state index is 0.0697. The van der Waals surface area contributed by atoms with E-state index in [1.807, 2.05) is 28.8 Å². The molecule has 0 spiro atoms. The smallest absolute Gasteiger partial charge is 0.261 e. The Bertz CT molecular complexity index is 693. The topological polar surface area (TPSA) is 50.2 Å². The second-order valence-electron chi connectivity index (χ2n) is 6.16. The van der Waals surface area contributed by atoms with Gasteiger partial charge in [0.1, 0.15) is 5.82 Å². The first kappa shape index (κ1) is 17.6. The fourth-order valence-electron chi connectivity index (χ4n) is 2.77. The predicted octanol–water partition coefficient (Wildman–Crippen LogP) is 2.41. The average Bonchev–Trinajstić information content (AvgIpc) is 2.54. The molecule has 0 saturated heterocycles. The van der Waals surface area contributed by atoms with E-state index < -0.39 is 0 Å². The number of hydrogen-bond acceptors (Lipinski definition) is 4. The Morgan fingerprint density at radius 1 is 1.26 bits per heavy atom. The molecule has 1 atom stereocenters. The Balaban J connectivity index is 2.43. The predicted molar refractivity (Wildman–Crippen MR) is 95.9 cm³/mol. The van der Waals surface area contributed by atoms with Crippen molar-refractivity contribution in [1.82, 2.24) is 19.8 Å². The fraction of sp³-hybridized carbons (Fsp3) is 0.556. The molecule has 0 radical (unpaired) electrons. The van der Waals surface area contributed by atoms with Gasteiger partial charge in [0.2, 0.25) is 0 Å². The van der Waals surface area contributed by atoms with Crippen molar-refractivity contribution in [3.05, 3.63) is 40.4 Å². The summed E-state index contributed by atoms with van der Waals surface area (Å²) in [7, 11) is 4.12. The number of aromatic nitrogens is 2. The summed E-state index contributed by atoms with van der Waals surface area (Å²) >= 11 is 0. The lowest BCUT2D eigenvalue weighted by atomic mass is 10.1. The van der Waals surface area contributed by atoms with Crippen LogP contribution in [0.25, 0.3) is 10.9 Å². The summed E-state index contributed by atoms with van der Waals surface area (Å²) in [6.07, 6.45) is 1.82. The maximum absolute atomic E-state index is 12.8. The van der Waals surface area contributed by atoms with Gasteiger partial charge in [-0.25, -0.2) is 4.98 Å². The highest BCUT2D eigenvalue weighted by Crippen LogP contribution is 2.17. The highest BCUT2D eigenvalue weighted by molar-refractivity contribution is 5.77. The first-order chi connectivity index (χ1) is 11.1. The van der Waals surface area contributed by atoms with Gasteiger partial charge in [-0.15, -0.1) is 0 Å². The van der Waals surface area contributed by atoms with E-state index in [1.165, 1.54) is 0 Å². The summed E-state index contributed by atoms with van der Waals surface area (Å²) < 4.78 is 1.85. The normalized spacial score (nSPS) is 12.9. The van der Waals surface area contributed by atoms with Crippen molar-refractivity contribution < 1.29 is 0 Å². The Hall–Kier alpha value is -1.72. The molecule has 2 rings (SSSR count). The van der Waals surface area contributed by atoms with Gasteiger partial charge in [-0.1, -0.05) is 26.0 Å². The Kier molecular flexibility index (Phi) is 6.30. The van der Waals surface area contributed by atoms with Crippen molar-refractivity contribution in [3.8, 4) is 0 Å². The van der Waals surface area contributed by atoms with Crippen molar-refractivity contribution >= 4 is 10.9 Å². The summed E-state index contributed by atoms with van der Waals surface area (Å²) in [5.41, 5.74) is 0.855. The van der Waals surface area contributed by atoms with Crippen LogP contribution in [-0.4, -0.2) is 41.6 Å². The van der Waals surface area contributed by atoms with Gasteiger partial charge in [-0.05, 0) is 39.1 Å². The molecule has 0 bridgehead atoms. The monoisotopic (exact) mass is 316 g/mol. The third-order valence-electron chi connectivity index (χ3n) is 4.01. The summed E-state index contributed by atoms with van der Waals surface area (Å²) in [6, 6.07) is 7.71. The van der Waals surface area contributed by atoms with Gasteiger partial charge in [0.25, 0.3) is 5.56 Å². The maximum atomic E-state index is 12.8. The third kappa shape index (κ3) is 4.18. The molecule has 23 heavy (non-hydrogen) atoms. The number of rotatable bonds is 8. The van der Waals surface area contributed by atoms with Crippen molar-refractivity contribution in [2.75, 3.05) is 27.2 Å². The summed E-state index contributed by atoms with van der Waals surface area (Å²) in [6.45, 7) is 6.76. The van der Waals surface area contributed by atoms with Crippen LogP contribution < -0.4 is 10.9 Å². The van der Waals surface area contributed by atoms with Crippen LogP contribution in [0, 0.1) is 0 Å². The van der Waals surface area contributed by atoms with Crippen molar-refractivity contribution in [2.24, 2.45) is 0 Å². The zero-order valence-electron chi connectivity index (χ0n) is 14.7. The molecule has 0 aliphatic heterocycles. The van der Waals surface area contributed by atoms with Crippen LogP contribution in [0.4, 0.5) is 0 Å². The number of benzene rings is 1. The van der Waals surface area contributed by atoms with Crippen molar-refractivity contribution in [3.63, 3.8) is 0 Å². The molecule has 1 N–H and O–H groups in total. The standard InChI is InChI=1S/C18H28N4O/c1-5-12-22-17(15(6-2)19-11-13-21(3)4)20-16-10-8-7-9-14(16)18(22)23/h7-10,15,19H,5-6,11-13H2,1-4H3. The minimum Gasteiger partial charge on any atom is -0.308 e. The molecule has 5 nitrogen and oxygen atoms in total. The van der Waals surface area contributed by atoms with Gasteiger partial charge in [0, 0.05) is 19.6 Å². The van der Waals surface area contributed by atoms with Gasteiger partial charge >= 0.3 is 0 Å². The van der Waals surface area contributed by atoms with E-state index in [9.17, 15) is 4.79 Å². The molecule has 1 aromatic heterocycles. The number of fused-ring (bicyclic) bond motifs is 1. The molecular formula is C18H28N4O. The zero-order chi connectivity index (χ0) is 16.8. The fourth-order valence-corrected chi connectivity index (χ4v) is 2.77. The molecule has 0 amide bonds. The van der Waals surface area contributed by atoms with Crippen LogP contribution >= 0.6 is 0 Å². The molecule has 1 aromatic carbocycles. The largest absolute Gasteiger partial charge is 0.308 e. The zero-order valence-corrected chi connectivity index (χ0v) is 14.7.